The highest BCUT2D eigenvalue weighted by Crippen LogP contribution is 2.26. The maximum atomic E-state index is 12.9. The lowest BCUT2D eigenvalue weighted by Crippen LogP contribution is -2.61. The van der Waals surface area contributed by atoms with Crippen molar-refractivity contribution in [2.75, 3.05) is 26.4 Å². The van der Waals surface area contributed by atoms with E-state index in [-0.39, 0.29) is 26.1 Å². The molecule has 0 aromatic carbocycles. The zero-order valence-corrected chi connectivity index (χ0v) is 38.1. The zero-order chi connectivity index (χ0) is 45.4. The number of carbonyl (C=O) groups excluding carboxylic acids is 2. The second kappa shape index (κ2) is 35.5. The Morgan fingerprint density at radius 2 is 0.919 bits per heavy atom. The van der Waals surface area contributed by atoms with Gasteiger partial charge >= 0.3 is 11.9 Å². The second-order valence-corrected chi connectivity index (χ2v) is 17.3. The van der Waals surface area contributed by atoms with E-state index in [1.165, 1.54) is 89.9 Å². The maximum absolute atomic E-state index is 12.9. The molecule has 2 aliphatic heterocycles. The van der Waals surface area contributed by atoms with Gasteiger partial charge in [-0.25, -0.2) is 0 Å². The minimum atomic E-state index is -1.76. The predicted octanol–water partition coefficient (Wildman–Crippen LogP) is 5.82. The first kappa shape index (κ1) is 56.4. The Morgan fingerprint density at radius 3 is 1.42 bits per heavy atom. The van der Waals surface area contributed by atoms with Gasteiger partial charge in [-0.3, -0.25) is 9.59 Å². The van der Waals surface area contributed by atoms with Crippen molar-refractivity contribution in [1.29, 1.82) is 0 Å². The number of hydrogen-bond acceptors (Lipinski definition) is 15. The van der Waals surface area contributed by atoms with Crippen molar-refractivity contribution in [3.8, 4) is 0 Å². The number of carbonyl (C=O) groups is 2. The Morgan fingerprint density at radius 1 is 0.500 bits per heavy atom. The monoisotopic (exact) mass is 891 g/mol. The summed E-state index contributed by atoms with van der Waals surface area (Å²) in [6, 6.07) is 0. The molecular weight excluding hydrogens is 805 g/mol. The summed E-state index contributed by atoms with van der Waals surface area (Å²) in [5.41, 5.74) is 0. The van der Waals surface area contributed by atoms with Crippen molar-refractivity contribution >= 4 is 11.9 Å². The molecule has 0 amide bonds. The highest BCUT2D eigenvalue weighted by molar-refractivity contribution is 5.70. The van der Waals surface area contributed by atoms with E-state index in [2.05, 4.69) is 26.0 Å². The van der Waals surface area contributed by atoms with Gasteiger partial charge in [-0.15, -0.1) is 0 Å². The molecule has 7 N–H and O–H groups in total. The van der Waals surface area contributed by atoms with Crippen LogP contribution in [0.5, 0.6) is 0 Å². The normalized spacial score (nSPS) is 27.1. The molecule has 2 fully saturated rings. The highest BCUT2D eigenvalue weighted by atomic mass is 16.7. The van der Waals surface area contributed by atoms with Gasteiger partial charge in [0.05, 0.1) is 19.8 Å². The SMILES string of the molecule is CCCCCCCC/C=C/CCCCCCCCCCCC(=O)O[C@H](COC(=O)CCCCCCCCC)CO[C@H]1O[C@@H](CO[C@H]2O[C@@H](CO)[C@@H](O)C(O)C2O)[C@@H](O)C(O)C1O. The summed E-state index contributed by atoms with van der Waals surface area (Å²) < 4.78 is 33.4. The first-order chi connectivity index (χ1) is 30.0. The van der Waals surface area contributed by atoms with Gasteiger partial charge in [-0.2, -0.15) is 0 Å². The molecule has 364 valence electrons. The van der Waals surface area contributed by atoms with E-state index in [1.807, 2.05) is 0 Å². The topological polar surface area (TPSA) is 231 Å². The van der Waals surface area contributed by atoms with E-state index in [1.54, 1.807) is 0 Å². The van der Waals surface area contributed by atoms with Crippen LogP contribution in [-0.4, -0.2) is 142 Å². The van der Waals surface area contributed by atoms with E-state index in [9.17, 15) is 45.3 Å². The fraction of sp³-hybridized carbons (Fsp3) is 0.915. The minimum absolute atomic E-state index is 0.166. The lowest BCUT2D eigenvalue weighted by molar-refractivity contribution is -0.332. The summed E-state index contributed by atoms with van der Waals surface area (Å²) >= 11 is 0. The van der Waals surface area contributed by atoms with Crippen LogP contribution in [0.15, 0.2) is 12.2 Å². The number of rotatable bonds is 37. The Hall–Kier alpha value is -1.76. The van der Waals surface area contributed by atoms with Crippen LogP contribution >= 0.6 is 0 Å². The molecule has 62 heavy (non-hydrogen) atoms. The van der Waals surface area contributed by atoms with Gasteiger partial charge in [0.25, 0.3) is 0 Å². The van der Waals surface area contributed by atoms with Crippen molar-refractivity contribution in [2.24, 2.45) is 0 Å². The van der Waals surface area contributed by atoms with Crippen molar-refractivity contribution in [1.82, 2.24) is 0 Å². The summed E-state index contributed by atoms with van der Waals surface area (Å²) in [5, 5.41) is 71.8. The number of unbranched alkanes of at least 4 members (excludes halogenated alkanes) is 21. The van der Waals surface area contributed by atoms with E-state index in [0.717, 1.165) is 51.4 Å². The van der Waals surface area contributed by atoms with Gasteiger partial charge in [0.15, 0.2) is 18.7 Å². The third-order valence-electron chi connectivity index (χ3n) is 11.7. The molecule has 11 atom stereocenters. The van der Waals surface area contributed by atoms with Gasteiger partial charge in [-0.05, 0) is 38.5 Å². The van der Waals surface area contributed by atoms with Crippen molar-refractivity contribution in [2.45, 2.75) is 248 Å². The van der Waals surface area contributed by atoms with Crippen LogP contribution in [0.2, 0.25) is 0 Å². The molecule has 2 aliphatic rings. The molecule has 0 saturated carbocycles. The lowest BCUT2D eigenvalue weighted by atomic mass is 9.98. The molecule has 0 spiro atoms. The average molecular weight is 891 g/mol. The van der Waals surface area contributed by atoms with E-state index in [0.29, 0.717) is 12.8 Å². The first-order valence-corrected chi connectivity index (χ1v) is 24.3. The quantitative estimate of drug-likeness (QED) is 0.0221. The van der Waals surface area contributed by atoms with E-state index < -0.39 is 92.7 Å². The van der Waals surface area contributed by atoms with E-state index in [4.69, 9.17) is 28.4 Å². The molecule has 0 aromatic rings. The molecule has 2 saturated heterocycles. The standard InChI is InChI=1S/C47H86O15/c1-3-5-7-9-11-12-13-14-15-16-17-18-19-20-21-22-24-26-28-30-39(50)60-35(32-57-38(49)29-27-25-23-10-8-6-4-2)33-58-46-45(56)43(54)41(52)37(62-46)34-59-47-44(55)42(53)40(51)36(31-48)61-47/h14-15,35-37,40-48,51-56H,3-13,16-34H2,1-2H3/b15-14+/t35-,36+,37+,40-,41-,42?,43?,44?,45?,46+,47+/m1/s1. The molecule has 2 heterocycles. The van der Waals surface area contributed by atoms with Gasteiger partial charge in [0.1, 0.15) is 55.4 Å². The summed E-state index contributed by atoms with van der Waals surface area (Å²) in [4.78, 5) is 25.5. The number of esters is 2. The molecule has 4 unspecified atom stereocenters. The van der Waals surface area contributed by atoms with Crippen molar-refractivity contribution < 1.29 is 73.8 Å². The molecular formula is C47H86O15. The minimum Gasteiger partial charge on any atom is -0.462 e. The van der Waals surface area contributed by atoms with Gasteiger partial charge in [0.2, 0.25) is 0 Å². The van der Waals surface area contributed by atoms with Crippen LogP contribution in [0.3, 0.4) is 0 Å². The van der Waals surface area contributed by atoms with Gasteiger partial charge in [0, 0.05) is 12.8 Å². The molecule has 0 aromatic heterocycles. The van der Waals surface area contributed by atoms with Crippen LogP contribution in [0.25, 0.3) is 0 Å². The number of aliphatic hydroxyl groups excluding tert-OH is 7. The third-order valence-corrected chi connectivity index (χ3v) is 11.7. The van der Waals surface area contributed by atoms with Gasteiger partial charge < -0.3 is 64.2 Å². The van der Waals surface area contributed by atoms with E-state index >= 15 is 0 Å². The summed E-state index contributed by atoms with van der Waals surface area (Å²) in [6.45, 7) is 2.53. The summed E-state index contributed by atoms with van der Waals surface area (Å²) in [6.07, 6.45) is 15.6. The van der Waals surface area contributed by atoms with Crippen molar-refractivity contribution in [3.05, 3.63) is 12.2 Å². The fourth-order valence-corrected chi connectivity index (χ4v) is 7.68. The second-order valence-electron chi connectivity index (χ2n) is 17.3. The molecule has 2 rings (SSSR count). The van der Waals surface area contributed by atoms with Crippen LogP contribution < -0.4 is 0 Å². The predicted molar refractivity (Wildman–Crippen MR) is 234 cm³/mol. The Balaban J connectivity index is 1.78. The maximum Gasteiger partial charge on any atom is 0.306 e. The number of aliphatic hydroxyl groups is 7. The summed E-state index contributed by atoms with van der Waals surface area (Å²) in [5.74, 6) is -0.928. The Bertz CT molecular complexity index is 1140. The third kappa shape index (κ3) is 24.0. The van der Waals surface area contributed by atoms with Gasteiger partial charge in [-0.1, -0.05) is 142 Å². The Labute approximate surface area is 371 Å². The number of ether oxygens (including phenoxy) is 6. The number of hydrogen-bond donors (Lipinski definition) is 7. The van der Waals surface area contributed by atoms with Crippen LogP contribution in [0.1, 0.15) is 181 Å². The van der Waals surface area contributed by atoms with Crippen LogP contribution in [-0.2, 0) is 38.0 Å². The molecule has 0 bridgehead atoms. The smallest absolute Gasteiger partial charge is 0.306 e. The molecule has 15 heteroatoms. The fourth-order valence-electron chi connectivity index (χ4n) is 7.68. The Kier molecular flexibility index (Phi) is 32.3. The van der Waals surface area contributed by atoms with Crippen LogP contribution in [0, 0.1) is 0 Å². The zero-order valence-electron chi connectivity index (χ0n) is 38.1. The van der Waals surface area contributed by atoms with Crippen LogP contribution in [0.4, 0.5) is 0 Å². The molecule has 0 radical (unpaired) electrons. The average Bonchev–Trinajstić information content (AvgIpc) is 3.26. The molecule has 0 aliphatic carbocycles. The lowest BCUT2D eigenvalue weighted by Gasteiger charge is -2.42. The first-order valence-electron chi connectivity index (χ1n) is 24.3. The summed E-state index contributed by atoms with van der Waals surface area (Å²) in [7, 11) is 0. The van der Waals surface area contributed by atoms with Crippen molar-refractivity contribution in [3.63, 3.8) is 0 Å². The number of allylic oxidation sites excluding steroid dienone is 2. The largest absolute Gasteiger partial charge is 0.462 e. The highest BCUT2D eigenvalue weighted by Gasteiger charge is 2.47. The molecule has 15 nitrogen and oxygen atoms in total.